The molecule has 0 bridgehead atoms. The van der Waals surface area contributed by atoms with Crippen LogP contribution in [0.4, 0.5) is 0 Å². The third kappa shape index (κ3) is 32.8. The molecular formula is C54H87NO8. The number of carbonyl (C=O) groups excluding carboxylic acids is 1. The van der Waals surface area contributed by atoms with Gasteiger partial charge in [0.25, 0.3) is 0 Å². The highest BCUT2D eigenvalue weighted by Gasteiger charge is 2.44. The minimum absolute atomic E-state index is 0.212. The first kappa shape index (κ1) is 57.6. The quantitative estimate of drug-likeness (QED) is 0.0265. The van der Waals surface area contributed by atoms with Crippen molar-refractivity contribution in [2.75, 3.05) is 13.2 Å². The lowest BCUT2D eigenvalue weighted by atomic mass is 9.99. The van der Waals surface area contributed by atoms with Crippen LogP contribution in [0.2, 0.25) is 0 Å². The van der Waals surface area contributed by atoms with E-state index in [9.17, 15) is 30.3 Å². The van der Waals surface area contributed by atoms with Crippen LogP contribution in [0.5, 0.6) is 0 Å². The number of carbonyl (C=O) groups is 1. The fourth-order valence-corrected chi connectivity index (χ4v) is 6.65. The summed E-state index contributed by atoms with van der Waals surface area (Å²) in [5.74, 6) is -0.212. The molecule has 0 aromatic rings. The van der Waals surface area contributed by atoms with E-state index < -0.39 is 49.5 Å². The van der Waals surface area contributed by atoms with Gasteiger partial charge in [0.05, 0.1) is 25.4 Å². The molecule has 0 saturated carbocycles. The minimum Gasteiger partial charge on any atom is -0.394 e. The maximum atomic E-state index is 12.9. The molecule has 0 spiro atoms. The van der Waals surface area contributed by atoms with Gasteiger partial charge in [-0.2, -0.15) is 0 Å². The lowest BCUT2D eigenvalue weighted by molar-refractivity contribution is -0.302. The number of hydrogen-bond donors (Lipinski definition) is 6. The normalized spacial score (nSPS) is 21.3. The number of ether oxygens (including phenoxy) is 2. The molecule has 6 N–H and O–H groups in total. The number of aliphatic hydroxyl groups is 5. The topological polar surface area (TPSA) is 149 Å². The standard InChI is InChI=1S/C54H87NO8/c1-3-5-7-9-11-13-14-15-16-17-18-19-20-21-22-23-24-25-26-27-28-29-30-31-32-33-34-36-38-40-42-44-50(58)55-47(48(57)43-41-39-37-35-12-10-8-6-4-2)46-62-54-53(61)52(60)51(59)49(45-56)63-54/h5,7,11-13,15-16,18-19,21-22,24-25,27-28,30-31,35,41,43,47-49,51-54,56-57,59-61H,3-4,6,8-10,14,17,20,23,26,29,32-34,36-40,42,44-46H2,1-2H3,(H,55,58)/b7-5-,13-11-,16-15-,19-18-,22-21-,25-24-,28-27-,31-30-,35-12+,43-41+. The zero-order valence-electron chi connectivity index (χ0n) is 39.0. The number of unbranched alkanes of at least 4 members (excludes halogenated alkanes) is 10. The van der Waals surface area contributed by atoms with Crippen molar-refractivity contribution in [2.24, 2.45) is 0 Å². The number of amides is 1. The molecule has 0 aromatic heterocycles. The number of rotatable bonds is 38. The van der Waals surface area contributed by atoms with Crippen LogP contribution in [0.1, 0.15) is 155 Å². The second-order valence-corrected chi connectivity index (χ2v) is 16.2. The minimum atomic E-state index is -1.58. The maximum Gasteiger partial charge on any atom is 0.220 e. The Morgan fingerprint density at radius 2 is 1.00 bits per heavy atom. The average Bonchev–Trinajstić information content (AvgIpc) is 3.28. The Morgan fingerprint density at radius 1 is 0.556 bits per heavy atom. The number of allylic oxidation sites excluding steroid dienone is 19. The van der Waals surface area contributed by atoms with Crippen molar-refractivity contribution in [3.63, 3.8) is 0 Å². The largest absolute Gasteiger partial charge is 0.394 e. The van der Waals surface area contributed by atoms with Gasteiger partial charge in [-0.15, -0.1) is 0 Å². The zero-order chi connectivity index (χ0) is 45.9. The summed E-state index contributed by atoms with van der Waals surface area (Å²) >= 11 is 0. The number of hydrogen-bond acceptors (Lipinski definition) is 8. The maximum absolute atomic E-state index is 12.9. The van der Waals surface area contributed by atoms with Gasteiger partial charge in [0, 0.05) is 6.42 Å². The van der Waals surface area contributed by atoms with Gasteiger partial charge in [-0.3, -0.25) is 4.79 Å². The van der Waals surface area contributed by atoms with Crippen molar-refractivity contribution in [3.05, 3.63) is 122 Å². The van der Waals surface area contributed by atoms with Gasteiger partial charge in [-0.25, -0.2) is 0 Å². The first-order chi connectivity index (χ1) is 30.8. The van der Waals surface area contributed by atoms with E-state index in [0.717, 1.165) is 116 Å². The summed E-state index contributed by atoms with van der Waals surface area (Å²) in [5, 5.41) is 54.0. The van der Waals surface area contributed by atoms with E-state index in [2.05, 4.69) is 129 Å². The Hall–Kier alpha value is -3.41. The fraction of sp³-hybridized carbons (Fsp3) is 0.611. The van der Waals surface area contributed by atoms with Crippen LogP contribution in [-0.2, 0) is 14.3 Å². The zero-order valence-corrected chi connectivity index (χ0v) is 39.0. The molecule has 1 amide bonds. The molecule has 1 saturated heterocycles. The molecule has 1 heterocycles. The Bertz CT molecular complexity index is 1390. The summed E-state index contributed by atoms with van der Waals surface area (Å²) in [6.07, 6.45) is 56.9. The van der Waals surface area contributed by atoms with Gasteiger partial charge in [-0.05, 0) is 96.3 Å². The molecule has 1 fully saturated rings. The lowest BCUT2D eigenvalue weighted by Crippen LogP contribution is -2.60. The molecule has 1 rings (SSSR count). The molecule has 9 heteroatoms. The predicted molar refractivity (Wildman–Crippen MR) is 262 cm³/mol. The third-order valence-corrected chi connectivity index (χ3v) is 10.5. The molecule has 0 aromatic carbocycles. The molecular weight excluding hydrogens is 791 g/mol. The molecule has 1 aliphatic rings. The van der Waals surface area contributed by atoms with E-state index in [1.54, 1.807) is 6.08 Å². The first-order valence-electron chi connectivity index (χ1n) is 24.3. The van der Waals surface area contributed by atoms with Crippen LogP contribution in [0.15, 0.2) is 122 Å². The van der Waals surface area contributed by atoms with Crippen LogP contribution in [0, 0.1) is 0 Å². The van der Waals surface area contributed by atoms with Gasteiger partial charge in [0.2, 0.25) is 5.91 Å². The Morgan fingerprint density at radius 3 is 1.52 bits per heavy atom. The summed E-state index contributed by atoms with van der Waals surface area (Å²) in [5.41, 5.74) is 0. The Labute approximate surface area is 382 Å². The Kier molecular flexibility index (Phi) is 38.9. The van der Waals surface area contributed by atoms with E-state index in [1.165, 1.54) is 19.3 Å². The smallest absolute Gasteiger partial charge is 0.220 e. The lowest BCUT2D eigenvalue weighted by Gasteiger charge is -2.40. The van der Waals surface area contributed by atoms with Crippen molar-refractivity contribution in [3.8, 4) is 0 Å². The van der Waals surface area contributed by atoms with Crippen molar-refractivity contribution >= 4 is 5.91 Å². The van der Waals surface area contributed by atoms with E-state index in [4.69, 9.17) is 9.47 Å². The van der Waals surface area contributed by atoms with Crippen LogP contribution < -0.4 is 5.32 Å². The summed E-state index contributed by atoms with van der Waals surface area (Å²) in [7, 11) is 0. The third-order valence-electron chi connectivity index (χ3n) is 10.5. The van der Waals surface area contributed by atoms with Crippen LogP contribution in [0.25, 0.3) is 0 Å². The highest BCUT2D eigenvalue weighted by molar-refractivity contribution is 5.76. The molecule has 356 valence electrons. The van der Waals surface area contributed by atoms with Crippen LogP contribution in [-0.4, -0.2) is 87.5 Å². The monoisotopic (exact) mass is 878 g/mol. The summed E-state index contributed by atoms with van der Waals surface area (Å²) in [6.45, 7) is 3.55. The number of nitrogens with one attached hydrogen (secondary N) is 1. The highest BCUT2D eigenvalue weighted by Crippen LogP contribution is 2.22. The van der Waals surface area contributed by atoms with E-state index in [1.807, 2.05) is 6.08 Å². The predicted octanol–water partition coefficient (Wildman–Crippen LogP) is 10.8. The fourth-order valence-electron chi connectivity index (χ4n) is 6.65. The average molecular weight is 878 g/mol. The summed E-state index contributed by atoms with van der Waals surface area (Å²) in [6, 6.07) is -0.836. The van der Waals surface area contributed by atoms with E-state index >= 15 is 0 Å². The second-order valence-electron chi connectivity index (χ2n) is 16.2. The molecule has 63 heavy (non-hydrogen) atoms. The van der Waals surface area contributed by atoms with Crippen molar-refractivity contribution in [1.29, 1.82) is 0 Å². The molecule has 7 atom stereocenters. The van der Waals surface area contributed by atoms with Crippen LogP contribution in [0.3, 0.4) is 0 Å². The SMILES string of the molecule is CC/C=C\C/C=C\C/C=C\C/C=C\C/C=C\C/C=C\C/C=C\C/C=C\CCCCCCCCC(=O)NC(COC1OC(CO)C(O)C(O)C1O)C(O)/C=C/CC/C=C/CCCCC. The first-order valence-corrected chi connectivity index (χ1v) is 24.3. The molecule has 0 radical (unpaired) electrons. The van der Waals surface area contributed by atoms with Gasteiger partial charge in [0.15, 0.2) is 6.29 Å². The molecule has 7 unspecified atom stereocenters. The van der Waals surface area contributed by atoms with Gasteiger partial charge in [0.1, 0.15) is 24.4 Å². The highest BCUT2D eigenvalue weighted by atomic mass is 16.7. The van der Waals surface area contributed by atoms with Gasteiger partial charge in [-0.1, -0.05) is 174 Å². The van der Waals surface area contributed by atoms with E-state index in [0.29, 0.717) is 6.42 Å². The van der Waals surface area contributed by atoms with Crippen LogP contribution >= 0.6 is 0 Å². The van der Waals surface area contributed by atoms with Crippen molar-refractivity contribution < 1.29 is 39.8 Å². The van der Waals surface area contributed by atoms with Crippen molar-refractivity contribution in [2.45, 2.75) is 198 Å². The molecule has 9 nitrogen and oxygen atoms in total. The van der Waals surface area contributed by atoms with Gasteiger partial charge >= 0.3 is 0 Å². The van der Waals surface area contributed by atoms with Gasteiger partial charge < -0.3 is 40.3 Å². The molecule has 0 aliphatic carbocycles. The second kappa shape index (κ2) is 42.5. The summed E-state index contributed by atoms with van der Waals surface area (Å²) < 4.78 is 11.2. The van der Waals surface area contributed by atoms with E-state index in [-0.39, 0.29) is 12.5 Å². The Balaban J connectivity index is 2.24. The number of aliphatic hydroxyl groups excluding tert-OH is 5. The summed E-state index contributed by atoms with van der Waals surface area (Å²) in [4.78, 5) is 12.9. The molecule has 1 aliphatic heterocycles. The van der Waals surface area contributed by atoms with Crippen molar-refractivity contribution in [1.82, 2.24) is 5.32 Å².